The molecule has 0 aliphatic heterocycles. The van der Waals surface area contributed by atoms with Crippen molar-refractivity contribution in [1.29, 1.82) is 5.26 Å². The lowest BCUT2D eigenvalue weighted by molar-refractivity contribution is 0.579. The first-order valence-electron chi connectivity index (χ1n) is 6.58. The van der Waals surface area contributed by atoms with E-state index < -0.39 is 0 Å². The fourth-order valence-electron chi connectivity index (χ4n) is 1.93. The number of halogens is 1. The third-order valence-corrected chi connectivity index (χ3v) is 4.36. The van der Waals surface area contributed by atoms with Gasteiger partial charge < -0.3 is 4.42 Å². The molecule has 0 saturated heterocycles. The number of pyridine rings is 1. The first kappa shape index (κ1) is 14.7. The second kappa shape index (κ2) is 6.69. The van der Waals surface area contributed by atoms with E-state index in [2.05, 4.69) is 11.1 Å². The molecule has 0 atom stereocenters. The molecule has 0 unspecified atom stereocenters. The number of furan rings is 1. The minimum atomic E-state index is 0.564. The van der Waals surface area contributed by atoms with Crippen molar-refractivity contribution in [2.24, 2.45) is 0 Å². The Morgan fingerprint density at radius 1 is 1.14 bits per heavy atom. The first-order chi connectivity index (χ1) is 10.8. The van der Waals surface area contributed by atoms with E-state index in [9.17, 15) is 5.26 Å². The summed E-state index contributed by atoms with van der Waals surface area (Å²) in [6.45, 7) is 0. The van der Waals surface area contributed by atoms with E-state index in [0.717, 1.165) is 17.0 Å². The van der Waals surface area contributed by atoms with Gasteiger partial charge >= 0.3 is 0 Å². The smallest absolute Gasteiger partial charge is 0.152 e. The summed E-state index contributed by atoms with van der Waals surface area (Å²) in [4.78, 5) is 4.54. The number of rotatable bonds is 4. The van der Waals surface area contributed by atoms with E-state index in [1.807, 2.05) is 36.4 Å². The van der Waals surface area contributed by atoms with Crippen LogP contribution in [-0.4, -0.2) is 4.98 Å². The van der Waals surface area contributed by atoms with Gasteiger partial charge in [0.25, 0.3) is 0 Å². The van der Waals surface area contributed by atoms with Gasteiger partial charge in [-0.3, -0.25) is 0 Å². The maximum Gasteiger partial charge on any atom is 0.152 e. The molecule has 0 bridgehead atoms. The van der Waals surface area contributed by atoms with Crippen LogP contribution < -0.4 is 0 Å². The van der Waals surface area contributed by atoms with Gasteiger partial charge in [-0.05, 0) is 42.0 Å². The van der Waals surface area contributed by atoms with Crippen LogP contribution in [0.2, 0.25) is 5.02 Å². The molecule has 0 radical (unpaired) electrons. The number of thioether (sulfide) groups is 1. The molecule has 108 valence electrons. The Kier molecular flexibility index (Phi) is 4.47. The number of benzene rings is 1. The standard InChI is InChI=1S/C17H11ClN2OS/c18-14-6-3-12(4-7-14)11-22-17-13(10-19)5-8-15(20-17)16-2-1-9-21-16/h1-9H,11H2. The quantitative estimate of drug-likeness (QED) is 0.621. The van der Waals surface area contributed by atoms with Crippen molar-refractivity contribution in [3.8, 4) is 17.5 Å². The molecule has 2 aromatic heterocycles. The van der Waals surface area contributed by atoms with E-state index >= 15 is 0 Å². The van der Waals surface area contributed by atoms with E-state index in [-0.39, 0.29) is 0 Å². The van der Waals surface area contributed by atoms with Crippen LogP contribution in [0.5, 0.6) is 0 Å². The summed E-state index contributed by atoms with van der Waals surface area (Å²) in [5, 5.41) is 10.6. The van der Waals surface area contributed by atoms with Crippen molar-refractivity contribution in [1.82, 2.24) is 4.98 Å². The summed E-state index contributed by atoms with van der Waals surface area (Å²) < 4.78 is 5.35. The van der Waals surface area contributed by atoms with Gasteiger partial charge in [-0.1, -0.05) is 23.7 Å². The zero-order chi connectivity index (χ0) is 15.4. The number of hydrogen-bond acceptors (Lipinski definition) is 4. The Morgan fingerprint density at radius 2 is 1.95 bits per heavy atom. The van der Waals surface area contributed by atoms with Crippen molar-refractivity contribution >= 4 is 23.4 Å². The molecule has 3 aromatic rings. The first-order valence-corrected chi connectivity index (χ1v) is 7.95. The highest BCUT2D eigenvalue weighted by molar-refractivity contribution is 7.98. The predicted octanol–water partition coefficient (Wildman–Crippen LogP) is 5.16. The Morgan fingerprint density at radius 3 is 2.64 bits per heavy atom. The average Bonchev–Trinajstić information content (AvgIpc) is 3.08. The van der Waals surface area contributed by atoms with Crippen molar-refractivity contribution in [2.45, 2.75) is 10.8 Å². The molecule has 22 heavy (non-hydrogen) atoms. The largest absolute Gasteiger partial charge is 0.463 e. The molecule has 0 amide bonds. The normalized spacial score (nSPS) is 10.4. The molecule has 1 aromatic carbocycles. The molecule has 0 N–H and O–H groups in total. The van der Waals surface area contributed by atoms with Crippen LogP contribution in [-0.2, 0) is 5.75 Å². The van der Waals surface area contributed by atoms with Crippen molar-refractivity contribution < 1.29 is 4.42 Å². The topological polar surface area (TPSA) is 49.8 Å². The Hall–Kier alpha value is -2.22. The fourth-order valence-corrected chi connectivity index (χ4v) is 2.98. The Bertz CT molecular complexity index is 808. The molecule has 0 saturated carbocycles. The Balaban J connectivity index is 1.84. The molecular weight excluding hydrogens is 316 g/mol. The summed E-state index contributed by atoms with van der Waals surface area (Å²) in [7, 11) is 0. The van der Waals surface area contributed by atoms with Crippen LogP contribution in [0.3, 0.4) is 0 Å². The van der Waals surface area contributed by atoms with Gasteiger partial charge in [0.05, 0.1) is 11.8 Å². The van der Waals surface area contributed by atoms with Gasteiger partial charge in [0.15, 0.2) is 5.76 Å². The molecule has 0 aliphatic rings. The van der Waals surface area contributed by atoms with Crippen molar-refractivity contribution in [3.63, 3.8) is 0 Å². The van der Waals surface area contributed by atoms with Gasteiger partial charge in [0.1, 0.15) is 16.8 Å². The van der Waals surface area contributed by atoms with E-state index in [1.165, 1.54) is 11.8 Å². The molecule has 0 aliphatic carbocycles. The van der Waals surface area contributed by atoms with Gasteiger partial charge in [-0.25, -0.2) is 4.98 Å². The zero-order valence-corrected chi connectivity index (χ0v) is 13.1. The highest BCUT2D eigenvalue weighted by Gasteiger charge is 2.09. The Labute approximate surface area is 137 Å². The summed E-state index contributed by atoms with van der Waals surface area (Å²) in [5.74, 6) is 1.42. The maximum atomic E-state index is 9.23. The summed E-state index contributed by atoms with van der Waals surface area (Å²) >= 11 is 7.41. The highest BCUT2D eigenvalue weighted by Crippen LogP contribution is 2.28. The molecule has 3 nitrogen and oxygen atoms in total. The number of hydrogen-bond donors (Lipinski definition) is 0. The summed E-state index contributed by atoms with van der Waals surface area (Å²) in [6, 6.07) is 17.1. The zero-order valence-electron chi connectivity index (χ0n) is 11.5. The molecule has 3 rings (SSSR count). The maximum absolute atomic E-state index is 9.23. The van der Waals surface area contributed by atoms with Crippen LogP contribution in [0.15, 0.2) is 64.2 Å². The lowest BCUT2D eigenvalue weighted by atomic mass is 10.2. The van der Waals surface area contributed by atoms with Crippen LogP contribution >= 0.6 is 23.4 Å². The number of nitrogens with zero attached hydrogens (tertiary/aromatic N) is 2. The van der Waals surface area contributed by atoms with Crippen LogP contribution in [0.4, 0.5) is 0 Å². The van der Waals surface area contributed by atoms with Crippen molar-refractivity contribution in [3.05, 3.63) is 70.9 Å². The lowest BCUT2D eigenvalue weighted by Gasteiger charge is -2.05. The third-order valence-electron chi connectivity index (χ3n) is 3.04. The number of nitriles is 1. The fraction of sp³-hybridized carbons (Fsp3) is 0.0588. The molecule has 0 fully saturated rings. The SMILES string of the molecule is N#Cc1ccc(-c2ccco2)nc1SCc1ccc(Cl)cc1. The molecule has 0 spiro atoms. The second-order valence-corrected chi connectivity index (χ2v) is 5.95. The van der Waals surface area contributed by atoms with E-state index in [1.54, 1.807) is 18.4 Å². The van der Waals surface area contributed by atoms with E-state index in [0.29, 0.717) is 21.4 Å². The van der Waals surface area contributed by atoms with Gasteiger partial charge in [-0.2, -0.15) is 5.26 Å². The predicted molar refractivity (Wildman–Crippen MR) is 87.7 cm³/mol. The van der Waals surface area contributed by atoms with Crippen LogP contribution in [0.25, 0.3) is 11.5 Å². The number of aromatic nitrogens is 1. The van der Waals surface area contributed by atoms with Gasteiger partial charge in [0, 0.05) is 10.8 Å². The van der Waals surface area contributed by atoms with Gasteiger partial charge in [-0.15, -0.1) is 11.8 Å². The van der Waals surface area contributed by atoms with Crippen LogP contribution in [0, 0.1) is 11.3 Å². The lowest BCUT2D eigenvalue weighted by Crippen LogP contribution is -1.91. The van der Waals surface area contributed by atoms with E-state index in [4.69, 9.17) is 16.0 Å². The van der Waals surface area contributed by atoms with Gasteiger partial charge in [0.2, 0.25) is 0 Å². The summed E-state index contributed by atoms with van der Waals surface area (Å²) in [5.41, 5.74) is 2.42. The highest BCUT2D eigenvalue weighted by atomic mass is 35.5. The monoisotopic (exact) mass is 326 g/mol. The molecule has 2 heterocycles. The molecule has 5 heteroatoms. The third kappa shape index (κ3) is 3.33. The van der Waals surface area contributed by atoms with Crippen LogP contribution in [0.1, 0.15) is 11.1 Å². The average molecular weight is 327 g/mol. The van der Waals surface area contributed by atoms with Crippen molar-refractivity contribution in [2.75, 3.05) is 0 Å². The minimum Gasteiger partial charge on any atom is -0.463 e. The minimum absolute atomic E-state index is 0.564. The molecular formula is C17H11ClN2OS. The summed E-state index contributed by atoms with van der Waals surface area (Å²) in [6.07, 6.45) is 1.61. The second-order valence-electron chi connectivity index (χ2n) is 4.55.